The van der Waals surface area contributed by atoms with Gasteiger partial charge in [0.05, 0.1) is 6.61 Å². The molecule has 1 atom stereocenters. The third-order valence-electron chi connectivity index (χ3n) is 4.01. The predicted octanol–water partition coefficient (Wildman–Crippen LogP) is 2.97. The minimum Gasteiger partial charge on any atom is -0.395 e. The highest BCUT2D eigenvalue weighted by Gasteiger charge is 2.21. The highest BCUT2D eigenvalue weighted by molar-refractivity contribution is 5.77. The Bertz CT molecular complexity index is 610. The molecule has 0 bridgehead atoms. The second kappa shape index (κ2) is 7.76. The molecular weight excluding hydrogens is 274 g/mol. The summed E-state index contributed by atoms with van der Waals surface area (Å²) < 4.78 is 0. The van der Waals surface area contributed by atoms with Gasteiger partial charge in [-0.05, 0) is 23.6 Å². The Balaban J connectivity index is 2.31. The largest absolute Gasteiger partial charge is 0.395 e. The van der Waals surface area contributed by atoms with Gasteiger partial charge in [0.25, 0.3) is 0 Å². The standard InChI is InChI=1S/C19H23NO2/c1-15-8-6-7-11-17(15)18(16-9-4-3-5-10-16)14-19(22)20(2)12-13-21/h3-11,18,21H,12-14H2,1-2H3. The van der Waals surface area contributed by atoms with Crippen LogP contribution in [0.1, 0.15) is 29.0 Å². The Kier molecular flexibility index (Phi) is 5.73. The number of rotatable bonds is 6. The number of amides is 1. The van der Waals surface area contributed by atoms with E-state index in [1.807, 2.05) is 30.3 Å². The van der Waals surface area contributed by atoms with Crippen molar-refractivity contribution in [3.05, 3.63) is 71.3 Å². The summed E-state index contributed by atoms with van der Waals surface area (Å²) in [6, 6.07) is 18.3. The molecule has 0 aliphatic heterocycles. The van der Waals surface area contributed by atoms with E-state index in [-0.39, 0.29) is 18.4 Å². The topological polar surface area (TPSA) is 40.5 Å². The van der Waals surface area contributed by atoms with E-state index in [1.165, 1.54) is 11.1 Å². The Morgan fingerprint density at radius 2 is 1.73 bits per heavy atom. The number of carbonyl (C=O) groups excluding carboxylic acids is 1. The molecule has 0 fully saturated rings. The van der Waals surface area contributed by atoms with Crippen LogP contribution < -0.4 is 0 Å². The maximum Gasteiger partial charge on any atom is 0.223 e. The molecule has 2 aromatic carbocycles. The minimum atomic E-state index is -0.0113. The number of carbonyl (C=O) groups is 1. The lowest BCUT2D eigenvalue weighted by Gasteiger charge is -2.23. The van der Waals surface area contributed by atoms with Crippen molar-refractivity contribution in [1.29, 1.82) is 0 Å². The number of nitrogens with zero attached hydrogens (tertiary/aromatic N) is 1. The van der Waals surface area contributed by atoms with E-state index in [2.05, 4.69) is 31.2 Å². The lowest BCUT2D eigenvalue weighted by molar-refractivity contribution is -0.130. The molecule has 22 heavy (non-hydrogen) atoms. The molecule has 0 radical (unpaired) electrons. The van der Waals surface area contributed by atoms with Crippen molar-refractivity contribution in [2.24, 2.45) is 0 Å². The molecule has 2 rings (SSSR count). The molecular formula is C19H23NO2. The van der Waals surface area contributed by atoms with Crippen LogP contribution in [0.5, 0.6) is 0 Å². The third-order valence-corrected chi connectivity index (χ3v) is 4.01. The number of benzene rings is 2. The van der Waals surface area contributed by atoms with Gasteiger partial charge < -0.3 is 10.0 Å². The molecule has 3 nitrogen and oxygen atoms in total. The third kappa shape index (κ3) is 3.95. The van der Waals surface area contributed by atoms with Gasteiger partial charge in [0.15, 0.2) is 0 Å². The first-order chi connectivity index (χ1) is 10.6. The van der Waals surface area contributed by atoms with Gasteiger partial charge >= 0.3 is 0 Å². The molecule has 0 saturated heterocycles. The molecule has 0 saturated carbocycles. The summed E-state index contributed by atoms with van der Waals surface area (Å²) in [6.45, 7) is 2.43. The van der Waals surface area contributed by atoms with Gasteiger partial charge in [0.1, 0.15) is 0 Å². The highest BCUT2D eigenvalue weighted by Crippen LogP contribution is 2.30. The zero-order chi connectivity index (χ0) is 15.9. The lowest BCUT2D eigenvalue weighted by atomic mass is 9.86. The van der Waals surface area contributed by atoms with Crippen LogP contribution in [0.3, 0.4) is 0 Å². The first-order valence-electron chi connectivity index (χ1n) is 7.58. The Labute approximate surface area is 132 Å². The molecule has 0 aliphatic rings. The molecule has 0 aliphatic carbocycles. The summed E-state index contributed by atoms with van der Waals surface area (Å²) in [4.78, 5) is 14.0. The van der Waals surface area contributed by atoms with Gasteiger partial charge in [-0.3, -0.25) is 4.79 Å². The quantitative estimate of drug-likeness (QED) is 0.890. The SMILES string of the molecule is Cc1ccccc1C(CC(=O)N(C)CCO)c1ccccc1. The summed E-state index contributed by atoms with van der Waals surface area (Å²) in [6.07, 6.45) is 0.408. The first kappa shape index (κ1) is 16.2. The van der Waals surface area contributed by atoms with E-state index in [0.717, 1.165) is 5.56 Å². The molecule has 0 spiro atoms. The molecule has 1 N–H and O–H groups in total. The van der Waals surface area contributed by atoms with E-state index in [9.17, 15) is 4.79 Å². The zero-order valence-electron chi connectivity index (χ0n) is 13.2. The highest BCUT2D eigenvalue weighted by atomic mass is 16.3. The first-order valence-corrected chi connectivity index (χ1v) is 7.58. The number of aliphatic hydroxyl groups is 1. The van der Waals surface area contributed by atoms with Crippen molar-refractivity contribution in [2.75, 3.05) is 20.2 Å². The van der Waals surface area contributed by atoms with E-state index in [0.29, 0.717) is 13.0 Å². The van der Waals surface area contributed by atoms with E-state index < -0.39 is 0 Å². The molecule has 3 heteroatoms. The monoisotopic (exact) mass is 297 g/mol. The van der Waals surface area contributed by atoms with E-state index in [4.69, 9.17) is 5.11 Å². The van der Waals surface area contributed by atoms with Crippen LogP contribution in [0, 0.1) is 6.92 Å². The van der Waals surface area contributed by atoms with Crippen LogP contribution in [-0.4, -0.2) is 36.1 Å². The Hall–Kier alpha value is -2.13. The number of hydrogen-bond donors (Lipinski definition) is 1. The summed E-state index contributed by atoms with van der Waals surface area (Å²) >= 11 is 0. The summed E-state index contributed by atoms with van der Waals surface area (Å²) in [5.41, 5.74) is 3.51. The van der Waals surface area contributed by atoms with Gasteiger partial charge in [0, 0.05) is 25.9 Å². The average Bonchev–Trinajstić information content (AvgIpc) is 2.54. The van der Waals surface area contributed by atoms with Crippen molar-refractivity contribution >= 4 is 5.91 Å². The summed E-state index contributed by atoms with van der Waals surface area (Å²) in [7, 11) is 1.73. The van der Waals surface area contributed by atoms with Crippen LogP contribution >= 0.6 is 0 Å². The molecule has 0 heterocycles. The maximum absolute atomic E-state index is 12.4. The van der Waals surface area contributed by atoms with Crippen molar-refractivity contribution in [1.82, 2.24) is 4.90 Å². The fraction of sp³-hybridized carbons (Fsp3) is 0.316. The van der Waals surface area contributed by atoms with Crippen LogP contribution in [0.2, 0.25) is 0 Å². The molecule has 0 aromatic heterocycles. The van der Waals surface area contributed by atoms with Crippen LogP contribution in [0.4, 0.5) is 0 Å². The maximum atomic E-state index is 12.4. The Morgan fingerprint density at radius 3 is 2.36 bits per heavy atom. The molecule has 2 aromatic rings. The molecule has 1 unspecified atom stereocenters. The number of likely N-dealkylation sites (N-methyl/N-ethyl adjacent to an activating group) is 1. The second-order valence-electron chi connectivity index (χ2n) is 5.56. The fourth-order valence-electron chi connectivity index (χ4n) is 2.68. The van der Waals surface area contributed by atoms with Crippen molar-refractivity contribution in [3.8, 4) is 0 Å². The molecule has 1 amide bonds. The van der Waals surface area contributed by atoms with Gasteiger partial charge in [-0.2, -0.15) is 0 Å². The normalized spacial score (nSPS) is 12.0. The number of aryl methyl sites for hydroxylation is 1. The Morgan fingerprint density at radius 1 is 1.09 bits per heavy atom. The minimum absolute atomic E-state index is 0.0113. The predicted molar refractivity (Wildman–Crippen MR) is 88.8 cm³/mol. The lowest BCUT2D eigenvalue weighted by Crippen LogP contribution is -2.30. The van der Waals surface area contributed by atoms with Gasteiger partial charge in [-0.25, -0.2) is 0 Å². The summed E-state index contributed by atoms with van der Waals surface area (Å²) in [5.74, 6) is 0.0854. The molecule has 116 valence electrons. The smallest absolute Gasteiger partial charge is 0.223 e. The van der Waals surface area contributed by atoms with Crippen molar-refractivity contribution < 1.29 is 9.90 Å². The number of hydrogen-bond acceptors (Lipinski definition) is 2. The van der Waals surface area contributed by atoms with Crippen molar-refractivity contribution in [3.63, 3.8) is 0 Å². The van der Waals surface area contributed by atoms with Crippen LogP contribution in [0.15, 0.2) is 54.6 Å². The summed E-state index contributed by atoms with van der Waals surface area (Å²) in [5, 5.41) is 9.00. The van der Waals surface area contributed by atoms with Crippen LogP contribution in [0.25, 0.3) is 0 Å². The van der Waals surface area contributed by atoms with Crippen molar-refractivity contribution in [2.45, 2.75) is 19.3 Å². The van der Waals surface area contributed by atoms with Gasteiger partial charge in [-0.1, -0.05) is 54.6 Å². The number of aliphatic hydroxyl groups excluding tert-OH is 1. The average molecular weight is 297 g/mol. The zero-order valence-corrected chi connectivity index (χ0v) is 13.2. The second-order valence-corrected chi connectivity index (χ2v) is 5.56. The van der Waals surface area contributed by atoms with Gasteiger partial charge in [0.2, 0.25) is 5.91 Å². The fourth-order valence-corrected chi connectivity index (χ4v) is 2.68. The van der Waals surface area contributed by atoms with Crippen LogP contribution in [-0.2, 0) is 4.79 Å². The van der Waals surface area contributed by atoms with Gasteiger partial charge in [-0.15, -0.1) is 0 Å². The van der Waals surface area contributed by atoms with E-state index >= 15 is 0 Å². The van der Waals surface area contributed by atoms with E-state index in [1.54, 1.807) is 11.9 Å².